The van der Waals surface area contributed by atoms with Crippen LogP contribution in [0.1, 0.15) is 18.4 Å². The number of alkyl halides is 3. The molecule has 0 radical (unpaired) electrons. The minimum absolute atomic E-state index is 0.220. The van der Waals surface area contributed by atoms with Crippen LogP contribution < -0.4 is 15.4 Å². The highest BCUT2D eigenvalue weighted by molar-refractivity contribution is 7.98. The van der Waals surface area contributed by atoms with E-state index in [9.17, 15) is 13.2 Å². The lowest BCUT2D eigenvalue weighted by Crippen LogP contribution is -2.37. The number of nitrogens with one attached hydrogen (secondary N) is 2. The zero-order chi connectivity index (χ0) is 17.8. The van der Waals surface area contributed by atoms with Gasteiger partial charge in [0.05, 0.1) is 0 Å². The molecule has 1 aromatic rings. The molecule has 0 aliphatic rings. The van der Waals surface area contributed by atoms with E-state index in [0.717, 1.165) is 25.1 Å². The van der Waals surface area contributed by atoms with E-state index >= 15 is 0 Å². The van der Waals surface area contributed by atoms with Gasteiger partial charge in [-0.15, -0.1) is 0 Å². The normalized spacial score (nSPS) is 12.1. The number of benzene rings is 1. The third-order valence-electron chi connectivity index (χ3n) is 3.10. The Kier molecular flexibility index (Phi) is 9.44. The van der Waals surface area contributed by atoms with E-state index in [1.165, 1.54) is 6.07 Å². The van der Waals surface area contributed by atoms with Crippen molar-refractivity contribution >= 4 is 17.7 Å². The first-order chi connectivity index (χ1) is 11.5. The van der Waals surface area contributed by atoms with Gasteiger partial charge in [-0.1, -0.05) is 18.2 Å². The quantitative estimate of drug-likeness (QED) is 0.401. The molecule has 0 unspecified atom stereocenters. The molecule has 4 nitrogen and oxygen atoms in total. The van der Waals surface area contributed by atoms with Crippen LogP contribution in [0.5, 0.6) is 5.75 Å². The lowest BCUT2D eigenvalue weighted by molar-refractivity contribution is -0.153. The number of thioether (sulfide) groups is 1. The van der Waals surface area contributed by atoms with E-state index in [0.29, 0.717) is 18.1 Å². The molecule has 0 spiro atoms. The molecule has 0 fully saturated rings. The maximum Gasteiger partial charge on any atom is 0.422 e. The lowest BCUT2D eigenvalue weighted by Gasteiger charge is -2.15. The van der Waals surface area contributed by atoms with Crippen LogP contribution in [0, 0.1) is 0 Å². The summed E-state index contributed by atoms with van der Waals surface area (Å²) in [7, 11) is 1.66. The van der Waals surface area contributed by atoms with Crippen molar-refractivity contribution in [1.29, 1.82) is 0 Å². The minimum Gasteiger partial charge on any atom is -0.484 e. The Morgan fingerprint density at radius 1 is 1.21 bits per heavy atom. The largest absolute Gasteiger partial charge is 0.484 e. The van der Waals surface area contributed by atoms with Crippen molar-refractivity contribution < 1.29 is 17.9 Å². The average molecular weight is 363 g/mol. The molecule has 1 aromatic carbocycles. The number of nitrogens with zero attached hydrogens (tertiary/aromatic N) is 1. The highest BCUT2D eigenvalue weighted by Gasteiger charge is 2.28. The van der Waals surface area contributed by atoms with Crippen LogP contribution in [0.4, 0.5) is 13.2 Å². The number of para-hydroxylation sites is 1. The molecule has 1 rings (SSSR count). The molecule has 0 saturated carbocycles. The van der Waals surface area contributed by atoms with E-state index in [2.05, 4.69) is 21.9 Å². The Morgan fingerprint density at radius 2 is 1.96 bits per heavy atom. The number of hydrogen-bond donors (Lipinski definition) is 2. The molecule has 0 amide bonds. The van der Waals surface area contributed by atoms with Crippen LogP contribution in [-0.2, 0) is 6.54 Å². The fourth-order valence-electron chi connectivity index (χ4n) is 1.93. The maximum atomic E-state index is 12.3. The van der Waals surface area contributed by atoms with Gasteiger partial charge >= 0.3 is 6.18 Å². The molecule has 0 aromatic heterocycles. The molecule has 0 atom stereocenters. The van der Waals surface area contributed by atoms with Gasteiger partial charge in [-0.3, -0.25) is 4.99 Å². The Hall–Kier alpha value is -1.57. The number of ether oxygens (including phenoxy) is 1. The fraction of sp³-hybridized carbons (Fsp3) is 0.562. The minimum atomic E-state index is -4.35. The second-order valence-electron chi connectivity index (χ2n) is 5.06. The van der Waals surface area contributed by atoms with Gasteiger partial charge in [-0.2, -0.15) is 24.9 Å². The van der Waals surface area contributed by atoms with Gasteiger partial charge in [-0.25, -0.2) is 0 Å². The average Bonchev–Trinajstić information content (AvgIpc) is 2.55. The summed E-state index contributed by atoms with van der Waals surface area (Å²) in [5, 5.41) is 6.27. The molecule has 0 aliphatic carbocycles. The van der Waals surface area contributed by atoms with Crippen LogP contribution in [-0.4, -0.2) is 44.3 Å². The Labute approximate surface area is 145 Å². The Balaban J connectivity index is 2.47. The molecule has 24 heavy (non-hydrogen) atoms. The van der Waals surface area contributed by atoms with Gasteiger partial charge < -0.3 is 15.4 Å². The summed E-state index contributed by atoms with van der Waals surface area (Å²) in [6, 6.07) is 6.66. The van der Waals surface area contributed by atoms with Crippen molar-refractivity contribution in [1.82, 2.24) is 10.6 Å². The number of guanidine groups is 1. The van der Waals surface area contributed by atoms with E-state index in [1.807, 2.05) is 11.8 Å². The van der Waals surface area contributed by atoms with Gasteiger partial charge in [0.2, 0.25) is 0 Å². The van der Waals surface area contributed by atoms with Crippen LogP contribution in [0.15, 0.2) is 29.3 Å². The van der Waals surface area contributed by atoms with Crippen LogP contribution in [0.25, 0.3) is 0 Å². The molecular formula is C16H24F3N3OS. The second kappa shape index (κ2) is 11.1. The highest BCUT2D eigenvalue weighted by Crippen LogP contribution is 2.22. The van der Waals surface area contributed by atoms with Crippen LogP contribution in [0.2, 0.25) is 0 Å². The topological polar surface area (TPSA) is 45.7 Å². The second-order valence-corrected chi connectivity index (χ2v) is 6.05. The Morgan fingerprint density at radius 3 is 2.62 bits per heavy atom. The molecule has 2 N–H and O–H groups in total. The van der Waals surface area contributed by atoms with Crippen molar-refractivity contribution in [3.05, 3.63) is 29.8 Å². The molecule has 136 valence electrons. The Bertz CT molecular complexity index is 510. The summed E-state index contributed by atoms with van der Waals surface area (Å²) in [5.74, 6) is 1.96. The zero-order valence-corrected chi connectivity index (χ0v) is 14.8. The third-order valence-corrected chi connectivity index (χ3v) is 3.80. The molecule has 0 heterocycles. The SMILES string of the molecule is CN=C(NCCCCSC)NCc1ccccc1OCC(F)(F)F. The fourth-order valence-corrected chi connectivity index (χ4v) is 2.42. The number of hydrogen-bond acceptors (Lipinski definition) is 3. The summed E-state index contributed by atoms with van der Waals surface area (Å²) in [4.78, 5) is 4.10. The van der Waals surface area contributed by atoms with Crippen molar-refractivity contribution in [2.75, 3.05) is 32.2 Å². The summed E-state index contributed by atoms with van der Waals surface area (Å²) < 4.78 is 41.8. The summed E-state index contributed by atoms with van der Waals surface area (Å²) in [6.07, 6.45) is -0.118. The highest BCUT2D eigenvalue weighted by atomic mass is 32.2. The molecule has 8 heteroatoms. The van der Waals surface area contributed by atoms with Crippen LogP contribution >= 0.6 is 11.8 Å². The first-order valence-corrected chi connectivity index (χ1v) is 9.06. The lowest BCUT2D eigenvalue weighted by atomic mass is 10.2. The van der Waals surface area contributed by atoms with Crippen molar-refractivity contribution in [3.63, 3.8) is 0 Å². The number of aliphatic imine (C=N–C) groups is 1. The standard InChI is InChI=1S/C16H24F3N3OS/c1-20-15(21-9-5-6-10-24-2)22-11-13-7-3-4-8-14(13)23-12-16(17,18)19/h3-4,7-8H,5-6,9-12H2,1-2H3,(H2,20,21,22). The molecule has 0 aliphatic heterocycles. The molecule has 0 bridgehead atoms. The summed E-state index contributed by atoms with van der Waals surface area (Å²) in [5.41, 5.74) is 0.645. The first kappa shape index (κ1) is 20.5. The number of rotatable bonds is 9. The van der Waals surface area contributed by atoms with Gasteiger partial charge in [0.15, 0.2) is 12.6 Å². The van der Waals surface area contributed by atoms with E-state index in [4.69, 9.17) is 4.74 Å². The predicted octanol–water partition coefficient (Wildman–Crippen LogP) is 3.44. The van der Waals surface area contributed by atoms with Gasteiger partial charge in [-0.05, 0) is 30.9 Å². The molecular weight excluding hydrogens is 339 g/mol. The summed E-state index contributed by atoms with van der Waals surface area (Å²) >= 11 is 1.81. The first-order valence-electron chi connectivity index (χ1n) is 7.67. The maximum absolute atomic E-state index is 12.3. The smallest absolute Gasteiger partial charge is 0.422 e. The zero-order valence-electron chi connectivity index (χ0n) is 13.9. The van der Waals surface area contributed by atoms with E-state index in [-0.39, 0.29) is 5.75 Å². The third kappa shape index (κ3) is 8.90. The van der Waals surface area contributed by atoms with Crippen molar-refractivity contribution in [2.45, 2.75) is 25.6 Å². The van der Waals surface area contributed by atoms with Crippen LogP contribution in [0.3, 0.4) is 0 Å². The number of unbranched alkanes of at least 4 members (excludes halogenated alkanes) is 1. The van der Waals surface area contributed by atoms with Gasteiger partial charge in [0, 0.05) is 25.7 Å². The van der Waals surface area contributed by atoms with Crippen molar-refractivity contribution in [2.24, 2.45) is 4.99 Å². The van der Waals surface area contributed by atoms with Gasteiger partial charge in [0.1, 0.15) is 5.75 Å². The van der Waals surface area contributed by atoms with E-state index < -0.39 is 12.8 Å². The molecule has 0 saturated heterocycles. The van der Waals surface area contributed by atoms with Crippen molar-refractivity contribution in [3.8, 4) is 5.75 Å². The monoisotopic (exact) mass is 363 g/mol. The van der Waals surface area contributed by atoms with E-state index in [1.54, 1.807) is 25.2 Å². The summed E-state index contributed by atoms with van der Waals surface area (Å²) in [6.45, 7) is -0.169. The predicted molar refractivity (Wildman–Crippen MR) is 93.8 cm³/mol. The number of halogens is 3. The van der Waals surface area contributed by atoms with Gasteiger partial charge in [0.25, 0.3) is 0 Å².